The Hall–Kier alpha value is -3.15. The van der Waals surface area contributed by atoms with Crippen LogP contribution >= 0.6 is 22.9 Å². The molecule has 1 heterocycles. The summed E-state index contributed by atoms with van der Waals surface area (Å²) in [6.07, 6.45) is 1.76. The largest absolute Gasteiger partial charge is 0.489 e. The van der Waals surface area contributed by atoms with Crippen molar-refractivity contribution in [1.82, 2.24) is 4.98 Å². The number of benzene rings is 3. The minimum Gasteiger partial charge on any atom is -0.489 e. The fourth-order valence-corrected chi connectivity index (χ4v) is 3.87. The summed E-state index contributed by atoms with van der Waals surface area (Å²) in [5.41, 5.74) is 7.04. The van der Waals surface area contributed by atoms with Crippen LogP contribution in [0.3, 0.4) is 0 Å². The second-order valence-electron chi connectivity index (χ2n) is 6.61. The van der Waals surface area contributed by atoms with Crippen LogP contribution in [0.25, 0.3) is 11.3 Å². The molecule has 0 atom stereocenters. The Balaban J connectivity index is 1.34. The molecular formula is C24H20ClN3OS. The number of nitrogens with zero attached hydrogens (tertiary/aromatic N) is 2. The normalized spacial score (nSPS) is 11.0. The van der Waals surface area contributed by atoms with E-state index >= 15 is 0 Å². The van der Waals surface area contributed by atoms with Gasteiger partial charge in [-0.25, -0.2) is 4.98 Å². The highest BCUT2D eigenvalue weighted by atomic mass is 35.5. The highest BCUT2D eigenvalue weighted by Crippen LogP contribution is 2.30. The molecule has 0 amide bonds. The predicted octanol–water partition coefficient (Wildman–Crippen LogP) is 6.80. The number of thiazole rings is 1. The van der Waals surface area contributed by atoms with Crippen LogP contribution in [-0.4, -0.2) is 11.2 Å². The summed E-state index contributed by atoms with van der Waals surface area (Å²) in [4.78, 5) is 5.80. The first-order valence-corrected chi connectivity index (χ1v) is 10.7. The van der Waals surface area contributed by atoms with Crippen LogP contribution in [-0.2, 0) is 6.61 Å². The van der Waals surface area contributed by atoms with E-state index in [1.807, 2.05) is 66.7 Å². The SMILES string of the molecule is Cc1sc(N/N=C\c2ccc(OCc3ccccc3Cl)cc2)nc1-c1ccccc1. The lowest BCUT2D eigenvalue weighted by Gasteiger charge is -2.07. The molecule has 0 bridgehead atoms. The van der Waals surface area contributed by atoms with Gasteiger partial charge in [0, 0.05) is 21.0 Å². The molecule has 0 unspecified atom stereocenters. The van der Waals surface area contributed by atoms with Crippen molar-refractivity contribution in [3.05, 3.63) is 99.9 Å². The molecule has 0 spiro atoms. The van der Waals surface area contributed by atoms with E-state index in [0.717, 1.165) is 38.1 Å². The minimum atomic E-state index is 0.432. The number of nitrogens with one attached hydrogen (secondary N) is 1. The number of ether oxygens (including phenoxy) is 1. The van der Waals surface area contributed by atoms with Gasteiger partial charge in [-0.05, 0) is 42.8 Å². The highest BCUT2D eigenvalue weighted by Gasteiger charge is 2.08. The van der Waals surface area contributed by atoms with Crippen molar-refractivity contribution in [1.29, 1.82) is 0 Å². The number of rotatable bonds is 7. The number of halogens is 1. The van der Waals surface area contributed by atoms with Gasteiger partial charge in [-0.2, -0.15) is 5.10 Å². The van der Waals surface area contributed by atoms with Gasteiger partial charge in [0.2, 0.25) is 5.13 Å². The maximum Gasteiger partial charge on any atom is 0.204 e. The number of hydrogen-bond acceptors (Lipinski definition) is 5. The molecule has 1 N–H and O–H groups in total. The molecule has 0 aliphatic heterocycles. The second-order valence-corrected chi connectivity index (χ2v) is 8.22. The van der Waals surface area contributed by atoms with Crippen LogP contribution < -0.4 is 10.2 Å². The summed E-state index contributed by atoms with van der Waals surface area (Å²) in [7, 11) is 0. The van der Waals surface area contributed by atoms with Crippen LogP contribution in [0, 0.1) is 6.92 Å². The number of aromatic nitrogens is 1. The molecule has 6 heteroatoms. The zero-order valence-corrected chi connectivity index (χ0v) is 18.0. The molecule has 150 valence electrons. The Labute approximate surface area is 184 Å². The van der Waals surface area contributed by atoms with Crippen molar-refractivity contribution >= 4 is 34.3 Å². The molecule has 0 fully saturated rings. The van der Waals surface area contributed by atoms with E-state index in [4.69, 9.17) is 16.3 Å². The van der Waals surface area contributed by atoms with Crippen molar-refractivity contribution < 1.29 is 4.74 Å². The minimum absolute atomic E-state index is 0.432. The molecule has 4 aromatic rings. The molecule has 30 heavy (non-hydrogen) atoms. The number of hydrazone groups is 1. The molecule has 0 radical (unpaired) electrons. The summed E-state index contributed by atoms with van der Waals surface area (Å²) in [5.74, 6) is 0.781. The standard InChI is InChI=1S/C24H20ClN3OS/c1-17-23(19-7-3-2-4-8-19)27-24(30-17)28-26-15-18-11-13-21(14-12-18)29-16-20-9-5-6-10-22(20)25/h2-15H,16H2,1H3,(H,27,28)/b26-15-. The van der Waals surface area contributed by atoms with Gasteiger partial charge in [-0.3, -0.25) is 5.43 Å². The van der Waals surface area contributed by atoms with Gasteiger partial charge in [0.1, 0.15) is 12.4 Å². The topological polar surface area (TPSA) is 46.5 Å². The third-order valence-corrected chi connectivity index (χ3v) is 5.69. The monoisotopic (exact) mass is 433 g/mol. The van der Waals surface area contributed by atoms with Gasteiger partial charge in [0.05, 0.1) is 11.9 Å². The maximum atomic E-state index is 6.16. The van der Waals surface area contributed by atoms with Crippen LogP contribution in [0.1, 0.15) is 16.0 Å². The van der Waals surface area contributed by atoms with Gasteiger partial charge in [-0.15, -0.1) is 11.3 Å². The van der Waals surface area contributed by atoms with Gasteiger partial charge >= 0.3 is 0 Å². The Bertz CT molecular complexity index is 1140. The summed E-state index contributed by atoms with van der Waals surface area (Å²) in [6, 6.07) is 25.6. The molecule has 3 aromatic carbocycles. The zero-order valence-electron chi connectivity index (χ0n) is 16.4. The Morgan fingerprint density at radius 3 is 2.50 bits per heavy atom. The van der Waals surface area contributed by atoms with Crippen LogP contribution in [0.2, 0.25) is 5.02 Å². The van der Waals surface area contributed by atoms with E-state index in [0.29, 0.717) is 11.6 Å². The van der Waals surface area contributed by atoms with Crippen LogP contribution in [0.4, 0.5) is 5.13 Å². The predicted molar refractivity (Wildman–Crippen MR) is 126 cm³/mol. The summed E-state index contributed by atoms with van der Waals surface area (Å²) in [6.45, 7) is 2.50. The van der Waals surface area contributed by atoms with Gasteiger partial charge < -0.3 is 4.74 Å². The third kappa shape index (κ3) is 5.06. The van der Waals surface area contributed by atoms with Crippen molar-refractivity contribution in [2.24, 2.45) is 5.10 Å². The number of aryl methyl sites for hydroxylation is 1. The summed E-state index contributed by atoms with van der Waals surface area (Å²) in [5, 5.41) is 5.78. The Kier molecular flexibility index (Phi) is 6.42. The Morgan fingerprint density at radius 2 is 1.73 bits per heavy atom. The first-order chi connectivity index (χ1) is 14.7. The first kappa shape index (κ1) is 20.1. The van der Waals surface area contributed by atoms with Crippen molar-refractivity contribution in [2.45, 2.75) is 13.5 Å². The van der Waals surface area contributed by atoms with E-state index in [2.05, 4.69) is 34.6 Å². The molecule has 0 aliphatic rings. The van der Waals surface area contributed by atoms with E-state index in [1.165, 1.54) is 0 Å². The van der Waals surface area contributed by atoms with Gasteiger partial charge in [0.15, 0.2) is 0 Å². The zero-order chi connectivity index (χ0) is 20.8. The molecule has 0 aliphatic carbocycles. The third-order valence-electron chi connectivity index (χ3n) is 4.45. The van der Waals surface area contributed by atoms with E-state index in [9.17, 15) is 0 Å². The Morgan fingerprint density at radius 1 is 1.00 bits per heavy atom. The summed E-state index contributed by atoms with van der Waals surface area (Å²) >= 11 is 7.75. The lowest BCUT2D eigenvalue weighted by Crippen LogP contribution is -1.96. The van der Waals surface area contributed by atoms with Gasteiger partial charge in [0.25, 0.3) is 0 Å². The van der Waals surface area contributed by atoms with Crippen molar-refractivity contribution in [3.63, 3.8) is 0 Å². The average Bonchev–Trinajstić information content (AvgIpc) is 3.15. The van der Waals surface area contributed by atoms with Crippen molar-refractivity contribution in [3.8, 4) is 17.0 Å². The molecule has 0 saturated carbocycles. The van der Waals surface area contributed by atoms with E-state index in [-0.39, 0.29) is 0 Å². The molecule has 1 aromatic heterocycles. The fraction of sp³-hybridized carbons (Fsp3) is 0.0833. The average molecular weight is 434 g/mol. The molecule has 4 rings (SSSR count). The quantitative estimate of drug-likeness (QED) is 0.257. The molecule has 0 saturated heterocycles. The van der Waals surface area contributed by atoms with Crippen LogP contribution in [0.5, 0.6) is 5.75 Å². The van der Waals surface area contributed by atoms with E-state index in [1.54, 1.807) is 17.6 Å². The highest BCUT2D eigenvalue weighted by molar-refractivity contribution is 7.15. The van der Waals surface area contributed by atoms with Gasteiger partial charge in [-0.1, -0.05) is 60.1 Å². The van der Waals surface area contributed by atoms with Crippen molar-refractivity contribution in [2.75, 3.05) is 5.43 Å². The van der Waals surface area contributed by atoms with E-state index < -0.39 is 0 Å². The smallest absolute Gasteiger partial charge is 0.204 e. The molecule has 4 nitrogen and oxygen atoms in total. The lowest BCUT2D eigenvalue weighted by molar-refractivity contribution is 0.306. The van der Waals surface area contributed by atoms with Crippen LogP contribution in [0.15, 0.2) is 84.0 Å². The first-order valence-electron chi connectivity index (χ1n) is 9.47. The number of hydrogen-bond donors (Lipinski definition) is 1. The summed E-state index contributed by atoms with van der Waals surface area (Å²) < 4.78 is 5.81. The number of anilines is 1. The second kappa shape index (κ2) is 9.57. The lowest BCUT2D eigenvalue weighted by atomic mass is 10.1. The molecular weight excluding hydrogens is 414 g/mol. The fourth-order valence-electron chi connectivity index (χ4n) is 2.90. The maximum absolute atomic E-state index is 6.16.